The first-order chi connectivity index (χ1) is 10.5. The zero-order valence-electron chi connectivity index (χ0n) is 11.5. The van der Waals surface area contributed by atoms with Crippen LogP contribution < -0.4 is 5.69 Å². The van der Waals surface area contributed by atoms with Gasteiger partial charge in [0.1, 0.15) is 17.7 Å². The molecule has 1 aliphatic heterocycles. The second kappa shape index (κ2) is 5.57. The molecule has 22 heavy (non-hydrogen) atoms. The minimum absolute atomic E-state index is 0.00572. The standard InChI is InChI=1S/C14H13ClFN3O3/c15-9-5-4-8(6-10(9)16)7-18-14(22)19-11(13(20)21)2-1-3-12(19)17-18/h4-6,11H,1-3,7H2,(H,20,21). The van der Waals surface area contributed by atoms with Crippen LogP contribution >= 0.6 is 11.6 Å². The lowest BCUT2D eigenvalue weighted by Crippen LogP contribution is -2.34. The Kier molecular flexibility index (Phi) is 3.74. The summed E-state index contributed by atoms with van der Waals surface area (Å²) >= 11 is 5.62. The largest absolute Gasteiger partial charge is 0.480 e. The van der Waals surface area contributed by atoms with Crippen LogP contribution in [0.3, 0.4) is 0 Å². The van der Waals surface area contributed by atoms with E-state index in [1.165, 1.54) is 21.4 Å². The van der Waals surface area contributed by atoms with E-state index in [1.54, 1.807) is 6.07 Å². The van der Waals surface area contributed by atoms with Gasteiger partial charge in [-0.1, -0.05) is 17.7 Å². The number of aromatic nitrogens is 3. The van der Waals surface area contributed by atoms with E-state index in [4.69, 9.17) is 11.6 Å². The number of carbonyl (C=O) groups is 1. The Labute approximate surface area is 129 Å². The Hall–Kier alpha value is -2.15. The van der Waals surface area contributed by atoms with Gasteiger partial charge < -0.3 is 5.11 Å². The molecule has 0 amide bonds. The zero-order chi connectivity index (χ0) is 15.9. The first kappa shape index (κ1) is 14.8. The van der Waals surface area contributed by atoms with Crippen molar-refractivity contribution < 1.29 is 14.3 Å². The maximum Gasteiger partial charge on any atom is 0.347 e. The van der Waals surface area contributed by atoms with Gasteiger partial charge in [0.15, 0.2) is 0 Å². The van der Waals surface area contributed by atoms with Crippen molar-refractivity contribution in [3.05, 3.63) is 50.9 Å². The van der Waals surface area contributed by atoms with Crippen molar-refractivity contribution in [2.75, 3.05) is 0 Å². The van der Waals surface area contributed by atoms with Crippen LogP contribution in [0.2, 0.25) is 5.02 Å². The fourth-order valence-corrected chi connectivity index (χ4v) is 2.80. The number of nitrogens with zero attached hydrogens (tertiary/aromatic N) is 3. The SMILES string of the molecule is O=C(O)C1CCCc2nn(Cc3ccc(Cl)c(F)c3)c(=O)n21. The number of fused-ring (bicyclic) bond motifs is 1. The van der Waals surface area contributed by atoms with E-state index in [1.807, 2.05) is 0 Å². The molecule has 1 atom stereocenters. The summed E-state index contributed by atoms with van der Waals surface area (Å²) in [6, 6.07) is 3.37. The molecule has 1 unspecified atom stereocenters. The molecule has 0 saturated heterocycles. The van der Waals surface area contributed by atoms with Crippen LogP contribution in [0.5, 0.6) is 0 Å². The van der Waals surface area contributed by atoms with Crippen LogP contribution in [0, 0.1) is 5.82 Å². The van der Waals surface area contributed by atoms with Crippen LogP contribution in [0.25, 0.3) is 0 Å². The zero-order valence-corrected chi connectivity index (χ0v) is 12.3. The normalized spacial score (nSPS) is 17.3. The summed E-state index contributed by atoms with van der Waals surface area (Å²) in [5.74, 6) is -1.15. The molecule has 1 aromatic heterocycles. The van der Waals surface area contributed by atoms with Gasteiger partial charge in [0.2, 0.25) is 0 Å². The molecule has 1 aromatic carbocycles. The number of aryl methyl sites for hydroxylation is 1. The molecular formula is C14H13ClFN3O3. The van der Waals surface area contributed by atoms with Gasteiger partial charge in [0, 0.05) is 6.42 Å². The summed E-state index contributed by atoms with van der Waals surface area (Å²) < 4.78 is 15.8. The summed E-state index contributed by atoms with van der Waals surface area (Å²) in [5, 5.41) is 13.4. The number of hydrogen-bond donors (Lipinski definition) is 1. The van der Waals surface area contributed by atoms with Crippen molar-refractivity contribution in [3.63, 3.8) is 0 Å². The number of aliphatic carboxylic acids is 1. The summed E-state index contributed by atoms with van der Waals surface area (Å²) in [7, 11) is 0. The van der Waals surface area contributed by atoms with Gasteiger partial charge in [-0.25, -0.2) is 18.7 Å². The van der Waals surface area contributed by atoms with E-state index in [0.29, 0.717) is 30.7 Å². The minimum Gasteiger partial charge on any atom is -0.480 e. The Morgan fingerprint density at radius 3 is 2.95 bits per heavy atom. The fraction of sp³-hybridized carbons (Fsp3) is 0.357. The first-order valence-corrected chi connectivity index (χ1v) is 7.20. The third-order valence-electron chi connectivity index (χ3n) is 3.73. The highest BCUT2D eigenvalue weighted by molar-refractivity contribution is 6.30. The molecule has 0 radical (unpaired) electrons. The Morgan fingerprint density at radius 1 is 1.50 bits per heavy atom. The molecule has 0 saturated carbocycles. The van der Waals surface area contributed by atoms with Crippen LogP contribution in [-0.4, -0.2) is 25.4 Å². The van der Waals surface area contributed by atoms with Gasteiger partial charge in [-0.2, -0.15) is 5.10 Å². The Bertz CT molecular complexity index is 799. The molecule has 0 bridgehead atoms. The maximum absolute atomic E-state index is 13.5. The first-order valence-electron chi connectivity index (χ1n) is 6.82. The quantitative estimate of drug-likeness (QED) is 0.934. The van der Waals surface area contributed by atoms with Crippen LogP contribution in [0.1, 0.15) is 30.3 Å². The van der Waals surface area contributed by atoms with Crippen LogP contribution in [0.15, 0.2) is 23.0 Å². The molecule has 0 aliphatic carbocycles. The molecule has 0 fully saturated rings. The molecule has 3 rings (SSSR count). The van der Waals surface area contributed by atoms with E-state index < -0.39 is 23.5 Å². The molecule has 8 heteroatoms. The molecule has 1 N–H and O–H groups in total. The molecule has 1 aliphatic rings. The highest BCUT2D eigenvalue weighted by Crippen LogP contribution is 2.22. The van der Waals surface area contributed by atoms with Gasteiger partial charge >= 0.3 is 11.7 Å². The van der Waals surface area contributed by atoms with Crippen molar-refractivity contribution in [2.24, 2.45) is 0 Å². The van der Waals surface area contributed by atoms with Gasteiger partial charge in [0.25, 0.3) is 0 Å². The molecule has 2 heterocycles. The lowest BCUT2D eigenvalue weighted by molar-refractivity contribution is -0.141. The third kappa shape index (κ3) is 2.52. The second-order valence-corrected chi connectivity index (χ2v) is 5.63. The number of halogens is 2. The molecule has 2 aromatic rings. The highest BCUT2D eigenvalue weighted by Gasteiger charge is 2.30. The topological polar surface area (TPSA) is 77.1 Å². The lowest BCUT2D eigenvalue weighted by Gasteiger charge is -2.19. The van der Waals surface area contributed by atoms with Gasteiger partial charge in [-0.3, -0.25) is 4.57 Å². The number of benzene rings is 1. The predicted octanol–water partition coefficient (Wildman–Crippen LogP) is 1.85. The third-order valence-corrected chi connectivity index (χ3v) is 4.04. The lowest BCUT2D eigenvalue weighted by atomic mass is 10.1. The number of rotatable bonds is 3. The number of carboxylic acids is 1. The van der Waals surface area contributed by atoms with E-state index in [2.05, 4.69) is 5.10 Å². The molecular weight excluding hydrogens is 313 g/mol. The maximum atomic E-state index is 13.5. The molecule has 6 nitrogen and oxygen atoms in total. The minimum atomic E-state index is -1.04. The smallest absolute Gasteiger partial charge is 0.347 e. The summed E-state index contributed by atoms with van der Waals surface area (Å²) in [6.07, 6.45) is 1.63. The average molecular weight is 326 g/mol. The second-order valence-electron chi connectivity index (χ2n) is 5.22. The number of carboxylic acid groups (broad SMARTS) is 1. The average Bonchev–Trinajstić information content (AvgIpc) is 2.79. The van der Waals surface area contributed by atoms with Gasteiger partial charge in [-0.05, 0) is 30.5 Å². The fourth-order valence-electron chi connectivity index (χ4n) is 2.68. The monoisotopic (exact) mass is 325 g/mol. The van der Waals surface area contributed by atoms with Gasteiger partial charge in [-0.15, -0.1) is 0 Å². The Morgan fingerprint density at radius 2 is 2.27 bits per heavy atom. The van der Waals surface area contributed by atoms with E-state index in [0.717, 1.165) is 0 Å². The van der Waals surface area contributed by atoms with Gasteiger partial charge in [0.05, 0.1) is 11.6 Å². The van der Waals surface area contributed by atoms with Crippen molar-refractivity contribution in [1.29, 1.82) is 0 Å². The van der Waals surface area contributed by atoms with Crippen LogP contribution in [-0.2, 0) is 17.8 Å². The van der Waals surface area contributed by atoms with Crippen molar-refractivity contribution in [1.82, 2.24) is 14.3 Å². The predicted molar refractivity (Wildman–Crippen MR) is 76.6 cm³/mol. The Balaban J connectivity index is 1.97. The van der Waals surface area contributed by atoms with E-state index in [9.17, 15) is 19.1 Å². The van der Waals surface area contributed by atoms with Crippen molar-refractivity contribution in [2.45, 2.75) is 31.8 Å². The number of hydrogen-bond acceptors (Lipinski definition) is 3. The van der Waals surface area contributed by atoms with Crippen molar-refractivity contribution >= 4 is 17.6 Å². The molecule has 116 valence electrons. The summed E-state index contributed by atoms with van der Waals surface area (Å²) in [4.78, 5) is 23.6. The van der Waals surface area contributed by atoms with Crippen LogP contribution in [0.4, 0.5) is 4.39 Å². The summed E-state index contributed by atoms with van der Waals surface area (Å²) in [6.45, 7) is 0.0687. The van der Waals surface area contributed by atoms with E-state index >= 15 is 0 Å². The summed E-state index contributed by atoms with van der Waals surface area (Å²) in [5.41, 5.74) is 0.0452. The van der Waals surface area contributed by atoms with E-state index in [-0.39, 0.29) is 11.6 Å². The highest BCUT2D eigenvalue weighted by atomic mass is 35.5. The molecule has 0 spiro atoms. The van der Waals surface area contributed by atoms with Crippen molar-refractivity contribution in [3.8, 4) is 0 Å².